The molecule has 1 aliphatic rings. The number of benzene rings is 2. The zero-order valence-corrected chi connectivity index (χ0v) is 16.1. The number of hydrogen-bond acceptors (Lipinski definition) is 3. The molecule has 0 radical (unpaired) electrons. The van der Waals surface area contributed by atoms with Gasteiger partial charge in [-0.3, -0.25) is 4.79 Å². The van der Waals surface area contributed by atoms with Crippen LogP contribution in [0, 0.1) is 11.3 Å². The van der Waals surface area contributed by atoms with Crippen molar-refractivity contribution in [1.29, 1.82) is 0 Å². The summed E-state index contributed by atoms with van der Waals surface area (Å²) in [6, 6.07) is 12.8. The lowest BCUT2D eigenvalue weighted by molar-refractivity contribution is -0.142. The van der Waals surface area contributed by atoms with Gasteiger partial charge in [0.2, 0.25) is 0 Å². The van der Waals surface area contributed by atoms with Gasteiger partial charge in [0.15, 0.2) is 0 Å². The van der Waals surface area contributed by atoms with Crippen LogP contribution in [-0.2, 0) is 11.3 Å². The lowest BCUT2D eigenvalue weighted by atomic mass is 9.57. The fourth-order valence-electron chi connectivity index (χ4n) is 4.01. The maximum atomic E-state index is 11.0. The molecule has 4 nitrogen and oxygen atoms in total. The lowest BCUT2D eigenvalue weighted by Crippen LogP contribution is -2.57. The average Bonchev–Trinajstić information content (AvgIpc) is 2.57. The molecule has 1 fully saturated rings. The molecular weight excluding hydrogens is 326 g/mol. The normalized spacial score (nSPS) is 21.6. The molecule has 0 aliphatic heterocycles. The second-order valence-electron chi connectivity index (χ2n) is 8.22. The first-order valence-electron chi connectivity index (χ1n) is 9.41. The molecule has 4 heteroatoms. The summed E-state index contributed by atoms with van der Waals surface area (Å²) in [7, 11) is 0. The van der Waals surface area contributed by atoms with Crippen LogP contribution in [0.25, 0.3) is 10.8 Å². The SMILES string of the molecule is CC(C)Oc1ccc2ccccc2c1CNC1CC(CC(=O)O)C1(C)C. The van der Waals surface area contributed by atoms with Crippen molar-refractivity contribution in [2.24, 2.45) is 11.3 Å². The predicted molar refractivity (Wildman–Crippen MR) is 104 cm³/mol. The standard InChI is InChI=1S/C22H29NO3/c1-14(2)26-19-10-9-15-7-5-6-8-17(15)18(19)13-23-20-11-16(12-21(24)25)22(20,3)4/h5-10,14,16,20,23H,11-13H2,1-4H3,(H,24,25). The molecule has 26 heavy (non-hydrogen) atoms. The third-order valence-corrected chi connectivity index (χ3v) is 5.78. The Morgan fingerprint density at radius 2 is 2.00 bits per heavy atom. The number of carboxylic acid groups (broad SMARTS) is 1. The first-order valence-corrected chi connectivity index (χ1v) is 9.41. The summed E-state index contributed by atoms with van der Waals surface area (Å²) in [5, 5.41) is 15.2. The van der Waals surface area contributed by atoms with E-state index < -0.39 is 5.97 Å². The number of nitrogens with one attached hydrogen (secondary N) is 1. The van der Waals surface area contributed by atoms with Crippen molar-refractivity contribution in [2.75, 3.05) is 0 Å². The molecule has 3 rings (SSSR count). The minimum Gasteiger partial charge on any atom is -0.491 e. The third kappa shape index (κ3) is 3.70. The summed E-state index contributed by atoms with van der Waals surface area (Å²) in [6.07, 6.45) is 1.28. The summed E-state index contributed by atoms with van der Waals surface area (Å²) in [6.45, 7) is 9.12. The molecule has 1 aliphatic carbocycles. The molecular formula is C22H29NO3. The lowest BCUT2D eigenvalue weighted by Gasteiger charge is -2.52. The number of hydrogen-bond donors (Lipinski definition) is 2. The van der Waals surface area contributed by atoms with Crippen molar-refractivity contribution >= 4 is 16.7 Å². The van der Waals surface area contributed by atoms with Crippen molar-refractivity contribution in [2.45, 2.75) is 59.2 Å². The van der Waals surface area contributed by atoms with E-state index in [4.69, 9.17) is 9.84 Å². The van der Waals surface area contributed by atoms with Crippen molar-refractivity contribution in [3.63, 3.8) is 0 Å². The van der Waals surface area contributed by atoms with Crippen LogP contribution in [0.1, 0.15) is 46.1 Å². The van der Waals surface area contributed by atoms with Crippen LogP contribution in [0.3, 0.4) is 0 Å². The molecule has 0 heterocycles. The van der Waals surface area contributed by atoms with Gasteiger partial charge in [-0.1, -0.05) is 44.2 Å². The minimum absolute atomic E-state index is 0.0119. The van der Waals surface area contributed by atoms with Gasteiger partial charge < -0.3 is 15.2 Å². The third-order valence-electron chi connectivity index (χ3n) is 5.78. The number of carbonyl (C=O) groups is 1. The smallest absolute Gasteiger partial charge is 0.303 e. The Balaban J connectivity index is 1.79. The fourth-order valence-corrected chi connectivity index (χ4v) is 4.01. The van der Waals surface area contributed by atoms with E-state index in [1.165, 1.54) is 16.3 Å². The summed E-state index contributed by atoms with van der Waals surface area (Å²) in [4.78, 5) is 11.0. The van der Waals surface area contributed by atoms with E-state index in [1.807, 2.05) is 19.9 Å². The predicted octanol–water partition coefficient (Wildman–Crippen LogP) is 4.61. The van der Waals surface area contributed by atoms with Crippen molar-refractivity contribution < 1.29 is 14.6 Å². The largest absolute Gasteiger partial charge is 0.491 e. The van der Waals surface area contributed by atoms with Gasteiger partial charge in [-0.05, 0) is 48.4 Å². The molecule has 0 saturated heterocycles. The summed E-state index contributed by atoms with van der Waals surface area (Å²) >= 11 is 0. The summed E-state index contributed by atoms with van der Waals surface area (Å²) in [5.74, 6) is 0.449. The van der Waals surface area contributed by atoms with Gasteiger partial charge in [0, 0.05) is 24.6 Å². The van der Waals surface area contributed by atoms with Crippen molar-refractivity contribution in [3.05, 3.63) is 42.0 Å². The number of ether oxygens (including phenoxy) is 1. The highest BCUT2D eigenvalue weighted by Crippen LogP contribution is 2.48. The Hall–Kier alpha value is -2.07. The van der Waals surface area contributed by atoms with E-state index in [2.05, 4.69) is 49.5 Å². The van der Waals surface area contributed by atoms with Crippen LogP contribution in [0.15, 0.2) is 36.4 Å². The first kappa shape index (κ1) is 18.7. The number of carboxylic acids is 1. The van der Waals surface area contributed by atoms with Gasteiger partial charge in [0.25, 0.3) is 0 Å². The second kappa shape index (κ2) is 7.28. The Kier molecular flexibility index (Phi) is 5.24. The average molecular weight is 355 g/mol. The van der Waals surface area contributed by atoms with Crippen molar-refractivity contribution in [1.82, 2.24) is 5.32 Å². The first-order chi connectivity index (χ1) is 12.3. The second-order valence-corrected chi connectivity index (χ2v) is 8.22. The maximum absolute atomic E-state index is 11.0. The molecule has 2 N–H and O–H groups in total. The Morgan fingerprint density at radius 1 is 1.27 bits per heavy atom. The number of fused-ring (bicyclic) bond motifs is 1. The van der Waals surface area contributed by atoms with Crippen LogP contribution in [0.2, 0.25) is 0 Å². The molecule has 2 atom stereocenters. The highest BCUT2D eigenvalue weighted by Gasteiger charge is 2.48. The van der Waals surface area contributed by atoms with Crippen LogP contribution in [-0.4, -0.2) is 23.2 Å². The highest BCUT2D eigenvalue weighted by molar-refractivity contribution is 5.87. The van der Waals surface area contributed by atoms with Gasteiger partial charge >= 0.3 is 5.97 Å². The van der Waals surface area contributed by atoms with E-state index in [-0.39, 0.29) is 23.9 Å². The zero-order chi connectivity index (χ0) is 18.9. The van der Waals surface area contributed by atoms with E-state index in [9.17, 15) is 4.79 Å². The molecule has 0 bridgehead atoms. The molecule has 1 saturated carbocycles. The molecule has 2 aromatic carbocycles. The number of rotatable bonds is 7. The van der Waals surface area contributed by atoms with E-state index in [1.54, 1.807) is 0 Å². The van der Waals surface area contributed by atoms with Gasteiger partial charge in [0.1, 0.15) is 5.75 Å². The maximum Gasteiger partial charge on any atom is 0.303 e. The molecule has 0 amide bonds. The molecule has 0 spiro atoms. The topological polar surface area (TPSA) is 58.6 Å². The fraction of sp³-hybridized carbons (Fsp3) is 0.500. The van der Waals surface area contributed by atoms with Crippen LogP contribution < -0.4 is 10.1 Å². The molecule has 0 aromatic heterocycles. The van der Waals surface area contributed by atoms with Crippen LogP contribution in [0.5, 0.6) is 5.75 Å². The van der Waals surface area contributed by atoms with Gasteiger partial charge in [0.05, 0.1) is 6.10 Å². The zero-order valence-electron chi connectivity index (χ0n) is 16.1. The molecule has 140 valence electrons. The van der Waals surface area contributed by atoms with Crippen molar-refractivity contribution in [3.8, 4) is 5.75 Å². The van der Waals surface area contributed by atoms with E-state index in [0.717, 1.165) is 18.7 Å². The Labute approximate surface area is 155 Å². The number of aliphatic carboxylic acids is 1. The van der Waals surface area contributed by atoms with Gasteiger partial charge in [-0.15, -0.1) is 0 Å². The molecule has 2 aromatic rings. The van der Waals surface area contributed by atoms with Crippen LogP contribution >= 0.6 is 0 Å². The van der Waals surface area contributed by atoms with Gasteiger partial charge in [-0.25, -0.2) is 0 Å². The Morgan fingerprint density at radius 3 is 2.65 bits per heavy atom. The summed E-state index contributed by atoms with van der Waals surface area (Å²) in [5.41, 5.74) is 1.16. The van der Waals surface area contributed by atoms with E-state index in [0.29, 0.717) is 6.04 Å². The monoisotopic (exact) mass is 355 g/mol. The molecule has 2 unspecified atom stereocenters. The van der Waals surface area contributed by atoms with Crippen LogP contribution in [0.4, 0.5) is 0 Å². The minimum atomic E-state index is -0.705. The Bertz CT molecular complexity index is 797. The van der Waals surface area contributed by atoms with E-state index >= 15 is 0 Å². The van der Waals surface area contributed by atoms with Gasteiger partial charge in [-0.2, -0.15) is 0 Å². The quantitative estimate of drug-likeness (QED) is 0.762. The summed E-state index contributed by atoms with van der Waals surface area (Å²) < 4.78 is 6.05. The highest BCUT2D eigenvalue weighted by atomic mass is 16.5.